The number of nitrogens with one attached hydrogen (secondary N) is 1. The molecule has 1 unspecified atom stereocenters. The van der Waals surface area contributed by atoms with Crippen LogP contribution in [0, 0.1) is 0 Å². The van der Waals surface area contributed by atoms with Crippen LogP contribution in [0.5, 0.6) is 0 Å². The van der Waals surface area contributed by atoms with Crippen LogP contribution >= 0.6 is 11.8 Å². The molecule has 0 spiro atoms. The highest BCUT2D eigenvalue weighted by Gasteiger charge is 2.15. The predicted molar refractivity (Wildman–Crippen MR) is 39.5 cm³/mol. The molecule has 1 aliphatic rings. The summed E-state index contributed by atoms with van der Waals surface area (Å²) >= 11 is 1.72. The zero-order chi connectivity index (χ0) is 6.69. The second-order valence-corrected chi connectivity index (χ2v) is 3.22. The number of hydrogen-bond donors (Lipinski definition) is 1. The zero-order valence-electron chi connectivity index (χ0n) is 5.52. The first-order valence-corrected chi connectivity index (χ1v) is 4.35. The van der Waals surface area contributed by atoms with Crippen molar-refractivity contribution in [3.05, 3.63) is 0 Å². The van der Waals surface area contributed by atoms with Crippen LogP contribution < -0.4 is 5.32 Å². The number of rotatable bonds is 1. The van der Waals surface area contributed by atoms with Crippen molar-refractivity contribution in [3.63, 3.8) is 0 Å². The van der Waals surface area contributed by atoms with Crippen LogP contribution in [0.15, 0.2) is 0 Å². The molecule has 1 fully saturated rings. The summed E-state index contributed by atoms with van der Waals surface area (Å²) in [7, 11) is 0. The van der Waals surface area contributed by atoms with Gasteiger partial charge in [-0.2, -0.15) is 0 Å². The summed E-state index contributed by atoms with van der Waals surface area (Å²) < 4.78 is 0. The molecule has 1 aliphatic heterocycles. The van der Waals surface area contributed by atoms with Gasteiger partial charge in [-0.1, -0.05) is 6.92 Å². The second kappa shape index (κ2) is 3.11. The van der Waals surface area contributed by atoms with E-state index in [0.717, 1.165) is 12.2 Å². The van der Waals surface area contributed by atoms with Crippen LogP contribution in [0.4, 0.5) is 0 Å². The minimum absolute atomic E-state index is 0.193. The van der Waals surface area contributed by atoms with E-state index in [1.165, 1.54) is 0 Å². The van der Waals surface area contributed by atoms with Crippen molar-refractivity contribution in [2.45, 2.75) is 19.4 Å². The lowest BCUT2D eigenvalue weighted by molar-refractivity contribution is -0.119. The maximum Gasteiger partial charge on any atom is 0.230 e. The van der Waals surface area contributed by atoms with Crippen LogP contribution in [-0.4, -0.2) is 23.5 Å². The van der Waals surface area contributed by atoms with Gasteiger partial charge in [0, 0.05) is 11.8 Å². The predicted octanol–water partition coefficient (Wildman–Crippen LogP) is 0.628. The average Bonchev–Trinajstić information content (AvgIpc) is 1.88. The van der Waals surface area contributed by atoms with E-state index in [1.54, 1.807) is 11.8 Å². The van der Waals surface area contributed by atoms with Crippen molar-refractivity contribution in [2.75, 3.05) is 11.5 Å². The first-order chi connectivity index (χ1) is 4.33. The summed E-state index contributed by atoms with van der Waals surface area (Å²) in [5.74, 6) is 1.93. The number of thioether (sulfide) groups is 1. The number of carbonyl (C=O) groups is 1. The molecular formula is C6H11NOS. The number of amides is 1. The van der Waals surface area contributed by atoms with Crippen molar-refractivity contribution in [1.82, 2.24) is 5.32 Å². The lowest BCUT2D eigenvalue weighted by atomic mass is 10.2. The van der Waals surface area contributed by atoms with Crippen LogP contribution in [0.1, 0.15) is 13.3 Å². The molecule has 0 aromatic carbocycles. The highest BCUT2D eigenvalue weighted by Crippen LogP contribution is 2.09. The van der Waals surface area contributed by atoms with E-state index >= 15 is 0 Å². The summed E-state index contributed by atoms with van der Waals surface area (Å²) in [5.41, 5.74) is 0. The Morgan fingerprint density at radius 3 is 3.11 bits per heavy atom. The molecule has 0 saturated carbocycles. The summed E-state index contributed by atoms with van der Waals surface area (Å²) in [4.78, 5) is 10.7. The van der Waals surface area contributed by atoms with E-state index in [0.29, 0.717) is 11.8 Å². The monoisotopic (exact) mass is 145 g/mol. The molecule has 1 rings (SSSR count). The Labute approximate surface area is 59.4 Å². The van der Waals surface area contributed by atoms with Crippen molar-refractivity contribution in [2.24, 2.45) is 0 Å². The van der Waals surface area contributed by atoms with Crippen molar-refractivity contribution >= 4 is 17.7 Å². The first kappa shape index (κ1) is 6.93. The molecule has 0 aromatic rings. The third kappa shape index (κ3) is 1.90. The highest BCUT2D eigenvalue weighted by molar-refractivity contribution is 8.00. The van der Waals surface area contributed by atoms with Gasteiger partial charge in [0.15, 0.2) is 0 Å². The van der Waals surface area contributed by atoms with E-state index < -0.39 is 0 Å². The third-order valence-corrected chi connectivity index (χ3v) is 2.51. The summed E-state index contributed by atoms with van der Waals surface area (Å²) in [6, 6.07) is 0.427. The molecule has 9 heavy (non-hydrogen) atoms. The van der Waals surface area contributed by atoms with Crippen LogP contribution in [0.3, 0.4) is 0 Å². The summed E-state index contributed by atoms with van der Waals surface area (Å²) in [5, 5.41) is 2.91. The molecule has 1 amide bonds. The Bertz CT molecular complexity index is 116. The summed E-state index contributed by atoms with van der Waals surface area (Å²) in [6.07, 6.45) is 1.05. The van der Waals surface area contributed by atoms with E-state index in [2.05, 4.69) is 12.2 Å². The molecule has 52 valence electrons. The normalized spacial score (nSPS) is 27.7. The Morgan fingerprint density at radius 1 is 1.89 bits per heavy atom. The lowest BCUT2D eigenvalue weighted by Gasteiger charge is -2.20. The molecule has 0 aromatic heterocycles. The van der Waals surface area contributed by atoms with Crippen molar-refractivity contribution < 1.29 is 4.79 Å². The molecule has 1 atom stereocenters. The van der Waals surface area contributed by atoms with Gasteiger partial charge >= 0.3 is 0 Å². The fourth-order valence-corrected chi connectivity index (χ4v) is 1.81. The van der Waals surface area contributed by atoms with E-state index in [4.69, 9.17) is 0 Å². The van der Waals surface area contributed by atoms with Crippen molar-refractivity contribution in [1.29, 1.82) is 0 Å². The Morgan fingerprint density at radius 2 is 2.67 bits per heavy atom. The standard InChI is InChI=1S/C6H11NOS/c1-2-5-3-9-4-6(8)7-5/h5H,2-4H2,1H3,(H,7,8). The van der Waals surface area contributed by atoms with E-state index in [-0.39, 0.29) is 5.91 Å². The largest absolute Gasteiger partial charge is 0.352 e. The van der Waals surface area contributed by atoms with Gasteiger partial charge in [-0.05, 0) is 6.42 Å². The minimum atomic E-state index is 0.193. The van der Waals surface area contributed by atoms with Gasteiger partial charge in [0.25, 0.3) is 0 Å². The highest BCUT2D eigenvalue weighted by atomic mass is 32.2. The maximum absolute atomic E-state index is 10.7. The SMILES string of the molecule is CCC1CSCC(=O)N1. The fraction of sp³-hybridized carbons (Fsp3) is 0.833. The second-order valence-electron chi connectivity index (χ2n) is 2.19. The number of hydrogen-bond acceptors (Lipinski definition) is 2. The van der Waals surface area contributed by atoms with Gasteiger partial charge in [0.1, 0.15) is 0 Å². The van der Waals surface area contributed by atoms with Crippen LogP contribution in [-0.2, 0) is 4.79 Å². The number of carbonyl (C=O) groups excluding carboxylic acids is 1. The van der Waals surface area contributed by atoms with Gasteiger partial charge in [0.2, 0.25) is 5.91 Å². The van der Waals surface area contributed by atoms with Gasteiger partial charge in [-0.3, -0.25) is 4.79 Å². The Balaban J connectivity index is 2.32. The molecule has 0 bridgehead atoms. The van der Waals surface area contributed by atoms with Gasteiger partial charge in [-0.15, -0.1) is 11.8 Å². The molecule has 1 N–H and O–H groups in total. The quantitative estimate of drug-likeness (QED) is 0.586. The van der Waals surface area contributed by atoms with Crippen LogP contribution in [0.2, 0.25) is 0 Å². The smallest absolute Gasteiger partial charge is 0.230 e. The van der Waals surface area contributed by atoms with E-state index in [1.807, 2.05) is 0 Å². The lowest BCUT2D eigenvalue weighted by Crippen LogP contribution is -2.41. The maximum atomic E-state index is 10.7. The average molecular weight is 145 g/mol. The molecule has 0 radical (unpaired) electrons. The fourth-order valence-electron chi connectivity index (χ4n) is 0.825. The molecule has 1 heterocycles. The molecule has 2 nitrogen and oxygen atoms in total. The third-order valence-electron chi connectivity index (χ3n) is 1.41. The minimum Gasteiger partial charge on any atom is -0.352 e. The Kier molecular flexibility index (Phi) is 2.39. The van der Waals surface area contributed by atoms with Gasteiger partial charge < -0.3 is 5.32 Å². The topological polar surface area (TPSA) is 29.1 Å². The van der Waals surface area contributed by atoms with Gasteiger partial charge in [0.05, 0.1) is 5.75 Å². The Hall–Kier alpha value is -0.180. The van der Waals surface area contributed by atoms with Gasteiger partial charge in [-0.25, -0.2) is 0 Å². The summed E-state index contributed by atoms with van der Waals surface area (Å²) in [6.45, 7) is 2.09. The first-order valence-electron chi connectivity index (χ1n) is 3.20. The zero-order valence-corrected chi connectivity index (χ0v) is 6.33. The molecule has 0 aliphatic carbocycles. The molecule has 3 heteroatoms. The van der Waals surface area contributed by atoms with E-state index in [9.17, 15) is 4.79 Å². The molecular weight excluding hydrogens is 134 g/mol. The molecule has 1 saturated heterocycles. The van der Waals surface area contributed by atoms with Crippen molar-refractivity contribution in [3.8, 4) is 0 Å². The van der Waals surface area contributed by atoms with Crippen LogP contribution in [0.25, 0.3) is 0 Å².